The SMILES string of the molecule is CN[C@@H](C)C(=O)N[C@H]1CCS[C@H]2CC(C)(C)[C@@H](C(=O)N[C@H](COCCCCCCCCOC[C@@H](NC(=O)[C@H]3N4C(=O)[C@@H](NC(=O)[C@H](C)NC)CCS[C@H]4CC3(C)C)c3ccccc3)c3ccccc3)N2C1=O. The summed E-state index contributed by atoms with van der Waals surface area (Å²) < 4.78 is 12.4. The zero-order chi connectivity index (χ0) is 52.0. The maximum absolute atomic E-state index is 14.4. The van der Waals surface area contributed by atoms with Gasteiger partial charge in [0.2, 0.25) is 35.4 Å². The molecule has 16 nitrogen and oxygen atoms in total. The van der Waals surface area contributed by atoms with E-state index in [0.29, 0.717) is 63.6 Å². The second-order valence-corrected chi connectivity index (χ2v) is 23.8. The van der Waals surface area contributed by atoms with Crippen LogP contribution in [-0.4, -0.2) is 144 Å². The van der Waals surface area contributed by atoms with Crippen LogP contribution < -0.4 is 31.9 Å². The summed E-state index contributed by atoms with van der Waals surface area (Å²) in [5.41, 5.74) is 0.892. The smallest absolute Gasteiger partial charge is 0.246 e. The number of rotatable bonds is 25. The fourth-order valence-electron chi connectivity index (χ4n) is 10.4. The van der Waals surface area contributed by atoms with Crippen molar-refractivity contribution in [2.24, 2.45) is 10.8 Å². The minimum absolute atomic E-state index is 0.153. The molecule has 4 heterocycles. The van der Waals surface area contributed by atoms with Crippen LogP contribution in [0.15, 0.2) is 60.7 Å². The fraction of sp³-hybridized carbons (Fsp3) is 0.667. The molecule has 72 heavy (non-hydrogen) atoms. The Hall–Kier alpha value is -4.20. The zero-order valence-corrected chi connectivity index (χ0v) is 45.5. The average molecular weight is 1040 g/mol. The molecule has 0 radical (unpaired) electrons. The van der Waals surface area contributed by atoms with E-state index in [1.165, 1.54) is 0 Å². The number of nitrogens with zero attached hydrogens (tertiary/aromatic N) is 2. The molecule has 4 saturated heterocycles. The third-order valence-electron chi connectivity index (χ3n) is 14.8. The van der Waals surface area contributed by atoms with Crippen LogP contribution in [0.25, 0.3) is 0 Å². The molecule has 6 amide bonds. The van der Waals surface area contributed by atoms with Gasteiger partial charge in [-0.15, -0.1) is 23.5 Å². The number of hydrogen-bond acceptors (Lipinski definition) is 12. The van der Waals surface area contributed by atoms with Crippen LogP contribution in [0.4, 0.5) is 0 Å². The van der Waals surface area contributed by atoms with E-state index >= 15 is 0 Å². The Balaban J connectivity index is 0.936. The molecule has 6 N–H and O–H groups in total. The van der Waals surface area contributed by atoms with E-state index in [2.05, 4.69) is 31.9 Å². The maximum Gasteiger partial charge on any atom is 0.246 e. The Bertz CT molecular complexity index is 1970. The van der Waals surface area contributed by atoms with Crippen LogP contribution in [0.5, 0.6) is 0 Å². The van der Waals surface area contributed by atoms with Gasteiger partial charge in [-0.2, -0.15) is 0 Å². The number of carbonyl (C=O) groups is 6. The molecule has 6 rings (SSSR count). The predicted octanol–water partition coefficient (Wildman–Crippen LogP) is 5.44. The number of thioether (sulfide) groups is 2. The van der Waals surface area contributed by atoms with Gasteiger partial charge in [-0.25, -0.2) is 0 Å². The summed E-state index contributed by atoms with van der Waals surface area (Å²) in [6, 6.07) is 15.1. The molecule has 0 bridgehead atoms. The second kappa shape index (κ2) is 26.8. The van der Waals surface area contributed by atoms with Crippen LogP contribution in [0.1, 0.15) is 129 Å². The highest BCUT2D eigenvalue weighted by Crippen LogP contribution is 2.48. The molecule has 2 aromatic carbocycles. The third-order valence-corrected chi connectivity index (χ3v) is 17.3. The van der Waals surface area contributed by atoms with Gasteiger partial charge < -0.3 is 51.2 Å². The van der Waals surface area contributed by atoms with Crippen molar-refractivity contribution < 1.29 is 38.2 Å². The van der Waals surface area contributed by atoms with E-state index < -0.39 is 59.2 Å². The first-order valence-corrected chi connectivity index (χ1v) is 28.3. The van der Waals surface area contributed by atoms with Gasteiger partial charge in [0.05, 0.1) is 48.1 Å². The molecule has 0 spiro atoms. The molecular formula is C54H82N8O8S2. The number of benzene rings is 2. The quantitative estimate of drug-likeness (QED) is 0.0690. The Morgan fingerprint density at radius 2 is 0.958 bits per heavy atom. The summed E-state index contributed by atoms with van der Waals surface area (Å²) >= 11 is 3.36. The fourth-order valence-corrected chi connectivity index (χ4v) is 13.5. The van der Waals surface area contributed by atoms with E-state index in [9.17, 15) is 28.8 Å². The molecule has 4 fully saturated rings. The number of unbranched alkanes of at least 4 members (excludes halogenated alkanes) is 5. The Labute approximate surface area is 436 Å². The molecule has 10 atom stereocenters. The van der Waals surface area contributed by atoms with Crippen molar-refractivity contribution in [3.05, 3.63) is 71.8 Å². The Kier molecular flexibility index (Phi) is 21.3. The monoisotopic (exact) mass is 1030 g/mol. The highest BCUT2D eigenvalue weighted by atomic mass is 32.2. The summed E-state index contributed by atoms with van der Waals surface area (Å²) in [4.78, 5) is 86.0. The van der Waals surface area contributed by atoms with Crippen molar-refractivity contribution in [2.45, 2.75) is 165 Å². The van der Waals surface area contributed by atoms with Crippen LogP contribution in [-0.2, 0) is 38.2 Å². The van der Waals surface area contributed by atoms with Crippen molar-refractivity contribution in [1.82, 2.24) is 41.7 Å². The lowest BCUT2D eigenvalue weighted by Gasteiger charge is -2.35. The second-order valence-electron chi connectivity index (χ2n) is 21.3. The van der Waals surface area contributed by atoms with Crippen LogP contribution in [0.2, 0.25) is 0 Å². The van der Waals surface area contributed by atoms with Gasteiger partial charge in [0.25, 0.3) is 0 Å². The van der Waals surface area contributed by atoms with E-state index in [1.54, 1.807) is 61.3 Å². The van der Waals surface area contributed by atoms with Crippen molar-refractivity contribution in [3.63, 3.8) is 0 Å². The number of fused-ring (bicyclic) bond motifs is 2. The van der Waals surface area contributed by atoms with Crippen LogP contribution in [0, 0.1) is 10.8 Å². The molecule has 0 aromatic heterocycles. The lowest BCUT2D eigenvalue weighted by molar-refractivity contribution is -0.144. The zero-order valence-electron chi connectivity index (χ0n) is 43.8. The summed E-state index contributed by atoms with van der Waals surface area (Å²) in [5, 5.41) is 18.0. The lowest BCUT2D eigenvalue weighted by Crippen LogP contribution is -2.58. The van der Waals surface area contributed by atoms with Crippen molar-refractivity contribution in [1.29, 1.82) is 0 Å². The third kappa shape index (κ3) is 14.8. The summed E-state index contributed by atoms with van der Waals surface area (Å²) in [5.74, 6) is 0.0715. The topological polar surface area (TPSA) is 200 Å². The first-order chi connectivity index (χ1) is 34.5. The number of ether oxygens (including phenoxy) is 2. The first-order valence-electron chi connectivity index (χ1n) is 26.2. The molecule has 4 aliphatic rings. The minimum atomic E-state index is -0.705. The van der Waals surface area contributed by atoms with Gasteiger partial charge >= 0.3 is 0 Å². The largest absolute Gasteiger partial charge is 0.379 e. The van der Waals surface area contributed by atoms with Crippen LogP contribution >= 0.6 is 23.5 Å². The molecule has 0 aliphatic carbocycles. The molecule has 0 unspecified atom stereocenters. The summed E-state index contributed by atoms with van der Waals surface area (Å²) in [6.07, 6.45) is 8.23. The molecular weight excluding hydrogens is 953 g/mol. The van der Waals surface area contributed by atoms with Gasteiger partial charge in [0, 0.05) is 13.2 Å². The normalized spacial score (nSPS) is 25.2. The van der Waals surface area contributed by atoms with Crippen molar-refractivity contribution in [2.75, 3.05) is 52.0 Å². The standard InChI is InChI=1S/C54H82N8O8S2/c1-35(55-7)47(63)57-39-25-29-71-43-31-53(3,4)45(61(43)51(39)67)49(65)59-41(37-21-15-13-16-22-37)33-69-27-19-11-9-10-12-20-28-70-34-42(38-23-17-14-18-24-38)60-50(66)46-54(5,6)32-44-62(46)52(68)40(26-30-72-44)58-48(64)36(2)56-8/h13-18,21-24,35-36,39-46,55-56H,9-12,19-20,25-34H2,1-8H3,(H,57,63)(H,58,64)(H,59,65)(H,60,66)/t35-,36-,39-,40-,41+,42+,43-,44-,45+,46+/m0/s1. The number of nitrogens with one attached hydrogen (secondary N) is 6. The predicted molar refractivity (Wildman–Crippen MR) is 285 cm³/mol. The van der Waals surface area contributed by atoms with E-state index in [0.717, 1.165) is 49.7 Å². The van der Waals surface area contributed by atoms with Crippen molar-refractivity contribution in [3.8, 4) is 0 Å². The van der Waals surface area contributed by atoms with Gasteiger partial charge in [0.1, 0.15) is 24.2 Å². The number of likely N-dealkylation sites (N-methyl/N-ethyl adjacent to an activating group) is 2. The van der Waals surface area contributed by atoms with Gasteiger partial charge in [0.15, 0.2) is 0 Å². The minimum Gasteiger partial charge on any atom is -0.379 e. The molecule has 18 heteroatoms. The molecule has 4 aliphatic heterocycles. The van der Waals surface area contributed by atoms with E-state index in [-0.39, 0.29) is 46.2 Å². The Morgan fingerprint density at radius 3 is 1.32 bits per heavy atom. The number of hydrogen-bond donors (Lipinski definition) is 6. The van der Waals surface area contributed by atoms with E-state index in [1.807, 2.05) is 88.4 Å². The number of carbonyl (C=O) groups excluding carboxylic acids is 6. The highest BCUT2D eigenvalue weighted by Gasteiger charge is 2.56. The molecule has 2 aromatic rings. The van der Waals surface area contributed by atoms with Gasteiger partial charge in [-0.05, 0) is 99.9 Å². The van der Waals surface area contributed by atoms with Crippen LogP contribution in [0.3, 0.4) is 0 Å². The van der Waals surface area contributed by atoms with E-state index in [4.69, 9.17) is 9.47 Å². The summed E-state index contributed by atoms with van der Waals surface area (Å²) in [7, 11) is 3.41. The van der Waals surface area contributed by atoms with Gasteiger partial charge in [-0.3, -0.25) is 28.8 Å². The Morgan fingerprint density at radius 1 is 0.597 bits per heavy atom. The first kappa shape index (κ1) is 57.1. The maximum atomic E-state index is 14.4. The average Bonchev–Trinajstić information content (AvgIpc) is 3.68. The highest BCUT2D eigenvalue weighted by molar-refractivity contribution is 8.00. The lowest BCUT2D eigenvalue weighted by atomic mass is 9.83. The summed E-state index contributed by atoms with van der Waals surface area (Å²) in [6.45, 7) is 13.4. The number of amides is 6. The van der Waals surface area contributed by atoms with Gasteiger partial charge in [-0.1, -0.05) is 114 Å². The van der Waals surface area contributed by atoms with Crippen molar-refractivity contribution >= 4 is 59.0 Å². The molecule has 398 valence electrons. The molecule has 0 saturated carbocycles.